The lowest BCUT2D eigenvalue weighted by Crippen LogP contribution is -2.44. The van der Waals surface area contributed by atoms with E-state index in [2.05, 4.69) is 41.8 Å². The molecule has 0 saturated carbocycles. The zero-order valence-electron chi connectivity index (χ0n) is 17.5. The van der Waals surface area contributed by atoms with Crippen molar-refractivity contribution in [3.63, 3.8) is 0 Å². The van der Waals surface area contributed by atoms with E-state index in [1.807, 2.05) is 66.7 Å². The quantitative estimate of drug-likeness (QED) is 0.504. The van der Waals surface area contributed by atoms with Crippen molar-refractivity contribution in [2.24, 2.45) is 5.92 Å². The number of amides is 1. The van der Waals surface area contributed by atoms with Crippen LogP contribution < -0.4 is 10.6 Å². The van der Waals surface area contributed by atoms with Gasteiger partial charge in [-0.05, 0) is 35.6 Å². The van der Waals surface area contributed by atoms with Gasteiger partial charge in [-0.1, -0.05) is 97.9 Å². The summed E-state index contributed by atoms with van der Waals surface area (Å²) in [5, 5.41) is 6.59. The molecule has 0 aromatic heterocycles. The molecular formula is C26H30N2O2. The van der Waals surface area contributed by atoms with E-state index in [-0.39, 0.29) is 24.7 Å². The molecule has 3 aromatic carbocycles. The fraction of sp³-hybridized carbons (Fsp3) is 0.269. The molecule has 0 radical (unpaired) electrons. The predicted molar refractivity (Wildman–Crippen MR) is 121 cm³/mol. The van der Waals surface area contributed by atoms with Crippen LogP contribution in [0.25, 0.3) is 0 Å². The van der Waals surface area contributed by atoms with Gasteiger partial charge in [-0.25, -0.2) is 4.79 Å². The van der Waals surface area contributed by atoms with Crippen LogP contribution in [0.3, 0.4) is 0 Å². The maximum absolute atomic E-state index is 12.5. The van der Waals surface area contributed by atoms with Crippen LogP contribution in [0, 0.1) is 5.92 Å². The monoisotopic (exact) mass is 402 g/mol. The van der Waals surface area contributed by atoms with Gasteiger partial charge in [0.15, 0.2) is 0 Å². The third kappa shape index (κ3) is 7.37. The van der Waals surface area contributed by atoms with Crippen LogP contribution >= 0.6 is 0 Å². The molecule has 0 spiro atoms. The number of nitrogens with one attached hydrogen (secondary N) is 2. The number of hydrogen-bond acceptors (Lipinski definition) is 3. The van der Waals surface area contributed by atoms with Crippen molar-refractivity contribution in [1.82, 2.24) is 10.6 Å². The van der Waals surface area contributed by atoms with Crippen LogP contribution in [-0.4, -0.2) is 18.7 Å². The third-order valence-corrected chi connectivity index (χ3v) is 5.14. The van der Waals surface area contributed by atoms with Gasteiger partial charge in [0, 0.05) is 12.6 Å². The van der Waals surface area contributed by atoms with Crippen molar-refractivity contribution in [2.75, 3.05) is 6.54 Å². The average Bonchev–Trinajstić information content (AvgIpc) is 2.79. The minimum Gasteiger partial charge on any atom is -0.445 e. The van der Waals surface area contributed by atoms with Gasteiger partial charge in [-0.2, -0.15) is 0 Å². The average molecular weight is 403 g/mol. The Balaban J connectivity index is 1.55. The first-order chi connectivity index (χ1) is 14.7. The molecule has 3 aromatic rings. The van der Waals surface area contributed by atoms with E-state index in [9.17, 15) is 4.79 Å². The number of hydrogen-bond donors (Lipinski definition) is 2. The summed E-state index contributed by atoms with van der Waals surface area (Å²) in [6, 6.07) is 30.3. The van der Waals surface area contributed by atoms with Gasteiger partial charge in [-0.3, -0.25) is 0 Å². The molecule has 0 aliphatic heterocycles. The first-order valence-corrected chi connectivity index (χ1v) is 10.5. The van der Waals surface area contributed by atoms with Crippen LogP contribution in [0.2, 0.25) is 0 Å². The summed E-state index contributed by atoms with van der Waals surface area (Å²) < 4.78 is 5.45. The minimum absolute atomic E-state index is 0.0288. The predicted octanol–water partition coefficient (Wildman–Crippen LogP) is 4.95. The fourth-order valence-electron chi connectivity index (χ4n) is 3.36. The van der Waals surface area contributed by atoms with Crippen molar-refractivity contribution in [3.8, 4) is 0 Å². The Hall–Kier alpha value is -3.11. The molecule has 156 valence electrons. The standard InChI is InChI=1S/C26H30N2O2/c1-21(18-27-19-23-13-7-3-8-14-23)25(17-22-11-5-2-6-12-22)28-26(29)30-20-24-15-9-4-10-16-24/h2-16,21,25,27H,17-20H2,1H3,(H,28,29)/t21-,25?/m1/s1. The maximum Gasteiger partial charge on any atom is 0.407 e. The van der Waals surface area contributed by atoms with Crippen molar-refractivity contribution < 1.29 is 9.53 Å². The van der Waals surface area contributed by atoms with Crippen LogP contribution in [0.1, 0.15) is 23.6 Å². The molecule has 0 heterocycles. The molecule has 30 heavy (non-hydrogen) atoms. The molecule has 0 saturated heterocycles. The van der Waals surface area contributed by atoms with Gasteiger partial charge < -0.3 is 15.4 Å². The minimum atomic E-state index is -0.380. The highest BCUT2D eigenvalue weighted by Gasteiger charge is 2.20. The Morgan fingerprint density at radius 1 is 0.800 bits per heavy atom. The molecule has 2 atom stereocenters. The molecule has 0 bridgehead atoms. The summed E-state index contributed by atoms with van der Waals surface area (Å²) in [7, 11) is 0. The Morgan fingerprint density at radius 3 is 1.93 bits per heavy atom. The van der Waals surface area contributed by atoms with Gasteiger partial charge in [0.25, 0.3) is 0 Å². The Morgan fingerprint density at radius 2 is 1.33 bits per heavy atom. The number of carbonyl (C=O) groups excluding carboxylic acids is 1. The smallest absolute Gasteiger partial charge is 0.407 e. The van der Waals surface area contributed by atoms with Gasteiger partial charge in [0.2, 0.25) is 0 Å². The summed E-state index contributed by atoms with van der Waals surface area (Å²) in [5.41, 5.74) is 3.42. The van der Waals surface area contributed by atoms with E-state index in [0.29, 0.717) is 0 Å². The summed E-state index contributed by atoms with van der Waals surface area (Å²) in [5.74, 6) is 0.234. The lowest BCUT2D eigenvalue weighted by Gasteiger charge is -2.25. The normalized spacial score (nSPS) is 12.7. The van der Waals surface area contributed by atoms with E-state index in [4.69, 9.17) is 4.74 Å². The lowest BCUT2D eigenvalue weighted by molar-refractivity contribution is 0.132. The van der Waals surface area contributed by atoms with Crippen molar-refractivity contribution in [3.05, 3.63) is 108 Å². The highest BCUT2D eigenvalue weighted by atomic mass is 16.5. The molecule has 0 aliphatic carbocycles. The second kappa shape index (κ2) is 11.8. The first-order valence-electron chi connectivity index (χ1n) is 10.5. The van der Waals surface area contributed by atoms with E-state index in [0.717, 1.165) is 25.1 Å². The zero-order valence-corrected chi connectivity index (χ0v) is 17.5. The third-order valence-electron chi connectivity index (χ3n) is 5.14. The molecule has 1 amide bonds. The zero-order chi connectivity index (χ0) is 21.0. The van der Waals surface area contributed by atoms with E-state index >= 15 is 0 Å². The van der Waals surface area contributed by atoms with Crippen molar-refractivity contribution in [2.45, 2.75) is 32.5 Å². The number of benzene rings is 3. The second-order valence-corrected chi connectivity index (χ2v) is 7.60. The lowest BCUT2D eigenvalue weighted by atomic mass is 9.95. The molecule has 0 aliphatic rings. The van der Waals surface area contributed by atoms with Gasteiger partial charge in [-0.15, -0.1) is 0 Å². The molecule has 4 heteroatoms. The van der Waals surface area contributed by atoms with Crippen LogP contribution in [0.15, 0.2) is 91.0 Å². The Labute approximate surface area is 179 Å². The molecule has 1 unspecified atom stereocenters. The molecular weight excluding hydrogens is 372 g/mol. The summed E-state index contributed by atoms with van der Waals surface area (Å²) >= 11 is 0. The largest absolute Gasteiger partial charge is 0.445 e. The van der Waals surface area contributed by atoms with Crippen LogP contribution in [-0.2, 0) is 24.3 Å². The second-order valence-electron chi connectivity index (χ2n) is 7.60. The SMILES string of the molecule is C[C@H](CNCc1ccccc1)C(Cc1ccccc1)NC(=O)OCc1ccccc1. The van der Waals surface area contributed by atoms with Crippen LogP contribution in [0.5, 0.6) is 0 Å². The fourth-order valence-corrected chi connectivity index (χ4v) is 3.36. The Kier molecular flexibility index (Phi) is 8.48. The molecule has 0 fully saturated rings. The number of ether oxygens (including phenoxy) is 1. The van der Waals surface area contributed by atoms with E-state index in [1.165, 1.54) is 11.1 Å². The highest BCUT2D eigenvalue weighted by Crippen LogP contribution is 2.12. The molecule has 3 rings (SSSR count). The van der Waals surface area contributed by atoms with Crippen molar-refractivity contribution in [1.29, 1.82) is 0 Å². The van der Waals surface area contributed by atoms with E-state index < -0.39 is 0 Å². The maximum atomic E-state index is 12.5. The first kappa shape index (κ1) is 21.6. The number of alkyl carbamates (subject to hydrolysis) is 1. The summed E-state index contributed by atoms with van der Waals surface area (Å²) in [6.45, 7) is 4.03. The van der Waals surface area contributed by atoms with Crippen LogP contribution in [0.4, 0.5) is 4.79 Å². The number of carbonyl (C=O) groups is 1. The van der Waals surface area contributed by atoms with Gasteiger partial charge in [0.05, 0.1) is 0 Å². The van der Waals surface area contributed by atoms with Crippen molar-refractivity contribution >= 4 is 6.09 Å². The van der Waals surface area contributed by atoms with Gasteiger partial charge >= 0.3 is 6.09 Å². The summed E-state index contributed by atoms with van der Waals surface area (Å²) in [6.07, 6.45) is 0.379. The highest BCUT2D eigenvalue weighted by molar-refractivity contribution is 5.67. The summed E-state index contributed by atoms with van der Waals surface area (Å²) in [4.78, 5) is 12.5. The molecule has 4 nitrogen and oxygen atoms in total. The van der Waals surface area contributed by atoms with E-state index in [1.54, 1.807) is 0 Å². The number of rotatable bonds is 10. The topological polar surface area (TPSA) is 50.4 Å². The molecule has 2 N–H and O–H groups in total. The van der Waals surface area contributed by atoms with Gasteiger partial charge in [0.1, 0.15) is 6.61 Å². The Bertz CT molecular complexity index is 869.